The third kappa shape index (κ3) is 4.07. The molecule has 0 atom stereocenters. The van der Waals surface area contributed by atoms with E-state index in [1.165, 1.54) is 0 Å². The van der Waals surface area contributed by atoms with Crippen molar-refractivity contribution in [2.45, 2.75) is 0 Å². The van der Waals surface area contributed by atoms with Gasteiger partial charge in [0.25, 0.3) is 0 Å². The Bertz CT molecular complexity index is 38.1. The molecule has 0 saturated heterocycles. The maximum absolute atomic E-state index is 2.82. The van der Waals surface area contributed by atoms with Crippen LogP contribution in [0.25, 0.3) is 0 Å². The molecule has 0 spiro atoms. The van der Waals surface area contributed by atoms with Crippen molar-refractivity contribution in [2.75, 3.05) is 7.05 Å². The Labute approximate surface area is 51.5 Å². The molecule has 0 radical (unpaired) electrons. The summed E-state index contributed by atoms with van der Waals surface area (Å²) in [4.78, 5) is 0. The van der Waals surface area contributed by atoms with Crippen LogP contribution in [-0.4, -0.2) is 7.05 Å². The Morgan fingerprint density at radius 2 is 2.17 bits per heavy atom. The van der Waals surface area contributed by atoms with E-state index in [-0.39, 0.29) is 0 Å². The van der Waals surface area contributed by atoms with Crippen molar-refractivity contribution in [1.29, 1.82) is 0 Å². The van der Waals surface area contributed by atoms with Gasteiger partial charge in [-0.1, -0.05) is 0 Å². The van der Waals surface area contributed by atoms with Crippen LogP contribution in [0.5, 0.6) is 0 Å². The summed E-state index contributed by atoms with van der Waals surface area (Å²) in [5.74, 6) is 0. The third-order valence-corrected chi connectivity index (χ3v) is 0.673. The zero-order chi connectivity index (χ0) is 4.83. The van der Waals surface area contributed by atoms with E-state index in [4.69, 9.17) is 0 Å². The van der Waals surface area contributed by atoms with E-state index in [1.54, 1.807) is 6.20 Å². The molecule has 0 amide bonds. The molecule has 0 aromatic carbocycles. The smallest absolute Gasteiger partial charge is 0.0555 e. The van der Waals surface area contributed by atoms with Crippen molar-refractivity contribution >= 4 is 22.9 Å². The van der Waals surface area contributed by atoms with E-state index in [0.717, 1.165) is 0 Å². The average Bonchev–Trinajstić information content (AvgIpc) is 1.61. The maximum Gasteiger partial charge on any atom is 0.0555 e. The fourth-order valence-electron chi connectivity index (χ4n) is 0.115. The van der Waals surface area contributed by atoms with Crippen LogP contribution in [0, 0.1) is 0 Å². The highest BCUT2D eigenvalue weighted by Gasteiger charge is 1.54. The largest absolute Gasteiger partial charge is 0.393 e. The summed E-state index contributed by atoms with van der Waals surface area (Å²) >= 11 is 2.03. The Morgan fingerprint density at radius 1 is 1.50 bits per heavy atom. The summed E-state index contributed by atoms with van der Waals surface area (Å²) in [5, 5.41) is 2.82. The van der Waals surface area contributed by atoms with Gasteiger partial charge in [0.1, 0.15) is 0 Å². The number of hydrogen-bond donors (Lipinski definition) is 2. The van der Waals surface area contributed by atoms with E-state index in [0.29, 0.717) is 0 Å². The Hall–Kier alpha value is 0.0700. The molecule has 6 heavy (non-hydrogen) atoms. The molecule has 0 fully saturated rings. The van der Waals surface area contributed by atoms with E-state index in [2.05, 4.69) is 8.85 Å². The lowest BCUT2D eigenvalue weighted by atomic mass is 10.9. The van der Waals surface area contributed by atoms with Gasteiger partial charge in [-0.25, -0.2) is 0 Å². The second-order valence-electron chi connectivity index (χ2n) is 0.731. The molecule has 36 valence electrons. The highest BCUT2D eigenvalue weighted by molar-refractivity contribution is 14.1. The van der Waals surface area contributed by atoms with Crippen LogP contribution in [0.1, 0.15) is 0 Å². The van der Waals surface area contributed by atoms with Crippen LogP contribution >= 0.6 is 22.9 Å². The molecule has 2 nitrogen and oxygen atoms in total. The zero-order valence-electron chi connectivity index (χ0n) is 3.53. The number of rotatable bonds is 2. The zero-order valence-corrected chi connectivity index (χ0v) is 5.69. The van der Waals surface area contributed by atoms with Crippen LogP contribution in [0.15, 0.2) is 12.4 Å². The van der Waals surface area contributed by atoms with Crippen LogP contribution in [0.4, 0.5) is 0 Å². The predicted molar refractivity (Wildman–Crippen MR) is 35.4 cm³/mol. The SMILES string of the molecule is CN/C=C\NI. The fraction of sp³-hybridized carbons (Fsp3) is 0.333. The van der Waals surface area contributed by atoms with E-state index in [1.807, 2.05) is 36.1 Å². The van der Waals surface area contributed by atoms with E-state index >= 15 is 0 Å². The second-order valence-corrected chi connectivity index (χ2v) is 1.35. The molecule has 0 bridgehead atoms. The van der Waals surface area contributed by atoms with Gasteiger partial charge in [-0.05, 0) is 0 Å². The lowest BCUT2D eigenvalue weighted by Crippen LogP contribution is -1.93. The van der Waals surface area contributed by atoms with Crippen molar-refractivity contribution in [3.05, 3.63) is 12.4 Å². The minimum Gasteiger partial charge on any atom is -0.393 e. The molecular formula is C3H7IN2. The summed E-state index contributed by atoms with van der Waals surface area (Å²) < 4.78 is 2.80. The normalized spacial score (nSPS) is 9.00. The quantitative estimate of drug-likeness (QED) is 0.501. The van der Waals surface area contributed by atoms with Crippen LogP contribution in [-0.2, 0) is 0 Å². The summed E-state index contributed by atoms with van der Waals surface area (Å²) in [7, 11) is 1.85. The number of nitrogens with one attached hydrogen (secondary N) is 2. The van der Waals surface area contributed by atoms with Crippen LogP contribution < -0.4 is 8.85 Å². The molecule has 0 aliphatic heterocycles. The van der Waals surface area contributed by atoms with E-state index in [9.17, 15) is 0 Å². The minimum absolute atomic E-state index is 1.81. The van der Waals surface area contributed by atoms with Gasteiger partial charge in [0.05, 0.1) is 22.9 Å². The molecule has 0 rings (SSSR count). The van der Waals surface area contributed by atoms with Crippen LogP contribution in [0.3, 0.4) is 0 Å². The number of hydrogen-bond acceptors (Lipinski definition) is 2. The first-order valence-corrected chi connectivity index (χ1v) is 2.68. The first kappa shape index (κ1) is 6.07. The summed E-state index contributed by atoms with van der Waals surface area (Å²) in [5.41, 5.74) is 0. The van der Waals surface area contributed by atoms with E-state index < -0.39 is 0 Å². The molecule has 0 saturated carbocycles. The van der Waals surface area contributed by atoms with Gasteiger partial charge < -0.3 is 8.85 Å². The predicted octanol–water partition coefficient (Wildman–Crippen LogP) is 0.617. The molecule has 0 aromatic rings. The minimum atomic E-state index is 1.81. The van der Waals surface area contributed by atoms with Crippen molar-refractivity contribution in [3.8, 4) is 0 Å². The summed E-state index contributed by atoms with van der Waals surface area (Å²) in [6.45, 7) is 0. The number of halogens is 1. The first-order valence-electron chi connectivity index (χ1n) is 1.60. The standard InChI is InChI=1S/C3H7IN2/c1-5-2-3-6-4/h2-3,5-6H,1H3/b3-2-. The van der Waals surface area contributed by atoms with Gasteiger partial charge in [0, 0.05) is 19.4 Å². The van der Waals surface area contributed by atoms with Crippen molar-refractivity contribution in [2.24, 2.45) is 0 Å². The van der Waals surface area contributed by atoms with Gasteiger partial charge in [0.15, 0.2) is 0 Å². The van der Waals surface area contributed by atoms with Gasteiger partial charge in [-0.15, -0.1) is 0 Å². The Kier molecular flexibility index (Phi) is 5.13. The molecule has 0 aromatic heterocycles. The fourth-order valence-corrected chi connectivity index (χ4v) is 0.295. The monoisotopic (exact) mass is 198 g/mol. The molecule has 0 unspecified atom stereocenters. The topological polar surface area (TPSA) is 24.1 Å². The molecule has 3 heteroatoms. The van der Waals surface area contributed by atoms with Gasteiger partial charge in [0.2, 0.25) is 0 Å². The molecule has 0 heterocycles. The van der Waals surface area contributed by atoms with Crippen LogP contribution in [0.2, 0.25) is 0 Å². The Balaban J connectivity index is 2.73. The first-order chi connectivity index (χ1) is 2.91. The highest BCUT2D eigenvalue weighted by atomic mass is 127. The maximum atomic E-state index is 2.82. The lowest BCUT2D eigenvalue weighted by molar-refractivity contribution is 1.09. The molecular weight excluding hydrogens is 191 g/mol. The summed E-state index contributed by atoms with van der Waals surface area (Å²) in [6.07, 6.45) is 3.62. The average molecular weight is 198 g/mol. The highest BCUT2D eigenvalue weighted by Crippen LogP contribution is 1.65. The molecule has 2 N–H and O–H groups in total. The molecule has 0 aliphatic carbocycles. The summed E-state index contributed by atoms with van der Waals surface area (Å²) in [6, 6.07) is 0. The van der Waals surface area contributed by atoms with Gasteiger partial charge >= 0.3 is 0 Å². The van der Waals surface area contributed by atoms with Crippen molar-refractivity contribution in [1.82, 2.24) is 8.85 Å². The van der Waals surface area contributed by atoms with Gasteiger partial charge in [-0.3, -0.25) is 0 Å². The Morgan fingerprint density at radius 3 is 2.33 bits per heavy atom. The lowest BCUT2D eigenvalue weighted by Gasteiger charge is -1.81. The van der Waals surface area contributed by atoms with Gasteiger partial charge in [-0.2, -0.15) is 0 Å². The van der Waals surface area contributed by atoms with Crippen molar-refractivity contribution in [3.63, 3.8) is 0 Å². The van der Waals surface area contributed by atoms with Crippen molar-refractivity contribution < 1.29 is 0 Å². The third-order valence-electron chi connectivity index (χ3n) is 0.313. The molecule has 0 aliphatic rings. The second kappa shape index (κ2) is 5.07.